The van der Waals surface area contributed by atoms with Crippen molar-refractivity contribution in [3.05, 3.63) is 71.1 Å². The maximum Gasteiger partial charge on any atom is 0.140 e. The summed E-state index contributed by atoms with van der Waals surface area (Å²) in [6.45, 7) is 0. The van der Waals surface area contributed by atoms with Gasteiger partial charge in [-0.15, -0.1) is 0 Å². The lowest BCUT2D eigenvalue weighted by Gasteiger charge is -2.30. The Morgan fingerprint density at radius 2 is 1.86 bits per heavy atom. The number of nitrogens with zero attached hydrogens (tertiary/aromatic N) is 2. The summed E-state index contributed by atoms with van der Waals surface area (Å²) in [5, 5.41) is 1.90. The molecule has 2 heterocycles. The summed E-state index contributed by atoms with van der Waals surface area (Å²) in [7, 11) is 0. The Balaban J connectivity index is 1.25. The zero-order chi connectivity index (χ0) is 19.1. The van der Waals surface area contributed by atoms with E-state index in [9.17, 15) is 4.79 Å². The maximum atomic E-state index is 12.8. The summed E-state index contributed by atoms with van der Waals surface area (Å²) in [5.74, 6) is 1.20. The van der Waals surface area contributed by atoms with Crippen LogP contribution in [0.1, 0.15) is 49.1 Å². The molecule has 2 aromatic heterocycles. The first-order valence-corrected chi connectivity index (χ1v) is 10.5. The van der Waals surface area contributed by atoms with E-state index in [2.05, 4.69) is 16.0 Å². The molecular weight excluding hydrogens is 368 g/mol. The zero-order valence-corrected chi connectivity index (χ0v) is 16.5. The summed E-state index contributed by atoms with van der Waals surface area (Å²) in [5.41, 5.74) is 3.73. The second-order valence-corrected chi connectivity index (χ2v) is 8.89. The molecule has 2 fully saturated rings. The minimum atomic E-state index is 0.250. The Morgan fingerprint density at radius 3 is 2.64 bits per heavy atom. The van der Waals surface area contributed by atoms with Crippen molar-refractivity contribution in [2.45, 2.75) is 44.4 Å². The van der Waals surface area contributed by atoms with Crippen LogP contribution in [0.2, 0.25) is 5.02 Å². The molecule has 2 aliphatic carbocycles. The topological polar surface area (TPSA) is 42.9 Å². The highest BCUT2D eigenvalue weighted by Gasteiger charge is 2.57. The summed E-state index contributed by atoms with van der Waals surface area (Å²) in [6, 6.07) is 11.8. The average molecular weight is 391 g/mol. The van der Waals surface area contributed by atoms with Crippen molar-refractivity contribution in [1.29, 1.82) is 0 Å². The lowest BCUT2D eigenvalue weighted by Crippen LogP contribution is -2.20. The molecule has 0 bridgehead atoms. The standard InChI is InChI=1S/C24H23ClN2O/c25-18-3-1-16(2-4-18)13-23(28)21-14-24(21)9-5-17(6-10-24)19-7-12-27-22-8-11-26-15-20(19)22/h1-4,7-8,11-12,15,17,21H,5-6,9-10,13-14H2/t17?,21-,24?/m0/s1. The maximum absolute atomic E-state index is 12.8. The number of benzene rings is 1. The van der Waals surface area contributed by atoms with Crippen molar-refractivity contribution >= 4 is 28.3 Å². The van der Waals surface area contributed by atoms with E-state index in [4.69, 9.17) is 11.6 Å². The Labute approximate surface area is 170 Å². The highest BCUT2D eigenvalue weighted by atomic mass is 35.5. The number of carbonyl (C=O) groups is 1. The third-order valence-electron chi connectivity index (χ3n) is 6.87. The summed E-state index contributed by atoms with van der Waals surface area (Å²) in [4.78, 5) is 21.6. The van der Waals surface area contributed by atoms with Gasteiger partial charge < -0.3 is 0 Å². The molecule has 0 amide bonds. The Kier molecular flexibility index (Phi) is 4.43. The second kappa shape index (κ2) is 6.97. The van der Waals surface area contributed by atoms with E-state index in [1.165, 1.54) is 10.9 Å². The van der Waals surface area contributed by atoms with E-state index in [1.54, 1.807) is 6.20 Å². The summed E-state index contributed by atoms with van der Waals surface area (Å²) >= 11 is 5.95. The number of Topliss-reactive ketones (excluding diaryl/α,β-unsaturated/α-hetero) is 1. The van der Waals surface area contributed by atoms with Gasteiger partial charge in [0.1, 0.15) is 5.78 Å². The highest BCUT2D eigenvalue weighted by molar-refractivity contribution is 6.30. The van der Waals surface area contributed by atoms with Gasteiger partial charge in [0, 0.05) is 41.3 Å². The molecule has 2 aliphatic rings. The molecule has 1 spiro atoms. The third kappa shape index (κ3) is 3.22. The fourth-order valence-corrected chi connectivity index (χ4v) is 5.28. The first-order chi connectivity index (χ1) is 13.6. The van der Waals surface area contributed by atoms with Crippen LogP contribution in [0.3, 0.4) is 0 Å². The predicted octanol–water partition coefficient (Wildman–Crippen LogP) is 5.76. The Bertz CT molecular complexity index is 1020. The van der Waals surface area contributed by atoms with Gasteiger partial charge in [-0.2, -0.15) is 0 Å². The first-order valence-electron chi connectivity index (χ1n) is 10.1. The van der Waals surface area contributed by atoms with Crippen molar-refractivity contribution in [3.63, 3.8) is 0 Å². The molecule has 142 valence electrons. The molecule has 1 aromatic carbocycles. The lowest BCUT2D eigenvalue weighted by atomic mass is 9.75. The molecule has 0 unspecified atom stereocenters. The number of carbonyl (C=O) groups excluding carboxylic acids is 1. The van der Waals surface area contributed by atoms with Gasteiger partial charge in [-0.3, -0.25) is 14.8 Å². The van der Waals surface area contributed by atoms with Gasteiger partial charge in [-0.1, -0.05) is 23.7 Å². The Hall–Kier alpha value is -2.26. The molecule has 0 N–H and O–H groups in total. The fraction of sp³-hybridized carbons (Fsp3) is 0.375. The number of hydrogen-bond acceptors (Lipinski definition) is 3. The predicted molar refractivity (Wildman–Crippen MR) is 111 cm³/mol. The fourth-order valence-electron chi connectivity index (χ4n) is 5.15. The van der Waals surface area contributed by atoms with Gasteiger partial charge in [0.25, 0.3) is 0 Å². The summed E-state index contributed by atoms with van der Waals surface area (Å²) in [6.07, 6.45) is 11.9. The number of halogens is 1. The van der Waals surface area contributed by atoms with Crippen LogP contribution in [0.5, 0.6) is 0 Å². The second-order valence-electron chi connectivity index (χ2n) is 8.46. The lowest BCUT2D eigenvalue weighted by molar-refractivity contribution is -0.120. The van der Waals surface area contributed by atoms with Crippen molar-refractivity contribution in [2.24, 2.45) is 11.3 Å². The van der Waals surface area contributed by atoms with Gasteiger partial charge in [0.2, 0.25) is 0 Å². The number of fused-ring (bicyclic) bond motifs is 1. The van der Waals surface area contributed by atoms with Crippen LogP contribution in [0.4, 0.5) is 0 Å². The first kappa shape index (κ1) is 17.8. The van der Waals surface area contributed by atoms with Gasteiger partial charge in [-0.25, -0.2) is 0 Å². The molecule has 4 heteroatoms. The number of aromatic nitrogens is 2. The summed E-state index contributed by atoms with van der Waals surface area (Å²) < 4.78 is 0. The molecule has 0 saturated heterocycles. The normalized spacial score (nSPS) is 26.5. The molecular formula is C24H23ClN2O. The van der Waals surface area contributed by atoms with Gasteiger partial charge in [0.05, 0.1) is 5.52 Å². The molecule has 0 radical (unpaired) electrons. The SMILES string of the molecule is O=C(Cc1ccc(Cl)cc1)[C@@H]1CC12CCC(c1ccnc3ccncc13)CC2. The van der Waals surface area contributed by atoms with Crippen LogP contribution < -0.4 is 0 Å². The third-order valence-corrected chi connectivity index (χ3v) is 7.12. The van der Waals surface area contributed by atoms with E-state index in [0.717, 1.165) is 48.2 Å². The molecule has 3 nitrogen and oxygen atoms in total. The minimum Gasteiger partial charge on any atom is -0.299 e. The molecule has 0 aliphatic heterocycles. The van der Waals surface area contributed by atoms with Crippen LogP contribution in [0, 0.1) is 11.3 Å². The number of hydrogen-bond donors (Lipinski definition) is 0. The van der Waals surface area contributed by atoms with E-state index in [1.807, 2.05) is 42.7 Å². The van der Waals surface area contributed by atoms with E-state index >= 15 is 0 Å². The van der Waals surface area contributed by atoms with Crippen LogP contribution in [-0.4, -0.2) is 15.8 Å². The number of pyridine rings is 2. The van der Waals surface area contributed by atoms with Crippen molar-refractivity contribution in [2.75, 3.05) is 0 Å². The highest BCUT2D eigenvalue weighted by Crippen LogP contribution is 2.63. The molecule has 2 saturated carbocycles. The van der Waals surface area contributed by atoms with Crippen LogP contribution >= 0.6 is 11.6 Å². The minimum absolute atomic E-state index is 0.250. The van der Waals surface area contributed by atoms with E-state index < -0.39 is 0 Å². The molecule has 1 atom stereocenters. The van der Waals surface area contributed by atoms with E-state index in [0.29, 0.717) is 18.1 Å². The average Bonchev–Trinajstić information content (AvgIpc) is 3.43. The Morgan fingerprint density at radius 1 is 1.07 bits per heavy atom. The quantitative estimate of drug-likeness (QED) is 0.568. The van der Waals surface area contributed by atoms with Gasteiger partial charge in [0.15, 0.2) is 0 Å². The van der Waals surface area contributed by atoms with Crippen molar-refractivity contribution in [1.82, 2.24) is 9.97 Å². The molecule has 3 aromatic rings. The van der Waals surface area contributed by atoms with Gasteiger partial charge >= 0.3 is 0 Å². The zero-order valence-electron chi connectivity index (χ0n) is 15.8. The van der Waals surface area contributed by atoms with Crippen LogP contribution in [0.15, 0.2) is 55.0 Å². The number of ketones is 1. The molecule has 5 rings (SSSR count). The number of rotatable bonds is 4. The van der Waals surface area contributed by atoms with Crippen molar-refractivity contribution in [3.8, 4) is 0 Å². The van der Waals surface area contributed by atoms with Crippen LogP contribution in [0.25, 0.3) is 10.9 Å². The largest absolute Gasteiger partial charge is 0.299 e. The van der Waals surface area contributed by atoms with Crippen LogP contribution in [-0.2, 0) is 11.2 Å². The van der Waals surface area contributed by atoms with Crippen molar-refractivity contribution < 1.29 is 4.79 Å². The van der Waals surface area contributed by atoms with Gasteiger partial charge in [-0.05, 0) is 78.8 Å². The molecule has 28 heavy (non-hydrogen) atoms. The smallest absolute Gasteiger partial charge is 0.140 e. The monoisotopic (exact) mass is 390 g/mol. The van der Waals surface area contributed by atoms with E-state index in [-0.39, 0.29) is 11.3 Å².